The molecule has 0 spiro atoms. The number of thioether (sulfide) groups is 1. The Kier molecular flexibility index (Phi) is 5.51. The summed E-state index contributed by atoms with van der Waals surface area (Å²) < 4.78 is 0. The van der Waals surface area contributed by atoms with Crippen LogP contribution in [0.2, 0.25) is 0 Å². The van der Waals surface area contributed by atoms with Gasteiger partial charge in [-0.2, -0.15) is 11.8 Å². The summed E-state index contributed by atoms with van der Waals surface area (Å²) in [4.78, 5) is 0. The summed E-state index contributed by atoms with van der Waals surface area (Å²) in [6, 6.07) is 0.832. The predicted octanol–water partition coefficient (Wildman–Crippen LogP) is 3.69. The molecule has 2 heteroatoms. The Labute approximate surface area is 105 Å². The zero-order valence-electron chi connectivity index (χ0n) is 10.7. The Bertz CT molecular complexity index is 183. The fourth-order valence-corrected chi connectivity index (χ4v) is 4.59. The van der Waals surface area contributed by atoms with Crippen LogP contribution in [0.5, 0.6) is 0 Å². The monoisotopic (exact) mass is 241 g/mol. The van der Waals surface area contributed by atoms with Crippen LogP contribution < -0.4 is 5.32 Å². The van der Waals surface area contributed by atoms with Gasteiger partial charge in [0.2, 0.25) is 0 Å². The number of rotatable bonds is 6. The largest absolute Gasteiger partial charge is 0.314 e. The Hall–Kier alpha value is 0.310. The molecular formula is C14H27NS. The minimum absolute atomic E-state index is 0.832. The van der Waals surface area contributed by atoms with Crippen molar-refractivity contribution < 1.29 is 0 Å². The summed E-state index contributed by atoms with van der Waals surface area (Å²) in [6.45, 7) is 3.50. The highest BCUT2D eigenvalue weighted by atomic mass is 32.2. The van der Waals surface area contributed by atoms with Gasteiger partial charge in [0.1, 0.15) is 0 Å². The SMILES string of the molecule is CCCNC(CC1CCCC1)C1CCSC1. The summed E-state index contributed by atoms with van der Waals surface area (Å²) in [5.74, 6) is 4.82. The Balaban J connectivity index is 1.80. The zero-order valence-corrected chi connectivity index (χ0v) is 11.5. The molecule has 2 atom stereocenters. The Morgan fingerprint density at radius 2 is 2.06 bits per heavy atom. The maximum Gasteiger partial charge on any atom is 0.0106 e. The molecular weight excluding hydrogens is 214 g/mol. The van der Waals surface area contributed by atoms with Crippen LogP contribution in [0.4, 0.5) is 0 Å². The minimum Gasteiger partial charge on any atom is -0.314 e. The fourth-order valence-electron chi connectivity index (χ4n) is 3.25. The van der Waals surface area contributed by atoms with Crippen molar-refractivity contribution in [3.8, 4) is 0 Å². The summed E-state index contributed by atoms with van der Waals surface area (Å²) in [5, 5.41) is 3.82. The van der Waals surface area contributed by atoms with Crippen molar-refractivity contribution in [2.45, 2.75) is 57.9 Å². The van der Waals surface area contributed by atoms with Crippen LogP contribution in [0.1, 0.15) is 51.9 Å². The number of hydrogen-bond acceptors (Lipinski definition) is 2. The second-order valence-corrected chi connectivity index (χ2v) is 6.72. The molecule has 2 rings (SSSR count). The molecule has 0 radical (unpaired) electrons. The topological polar surface area (TPSA) is 12.0 Å². The third-order valence-corrected chi connectivity index (χ3v) is 5.44. The van der Waals surface area contributed by atoms with Crippen LogP contribution in [-0.4, -0.2) is 24.1 Å². The first-order valence-corrected chi connectivity index (χ1v) is 8.36. The fraction of sp³-hybridized carbons (Fsp3) is 1.00. The molecule has 1 saturated heterocycles. The van der Waals surface area contributed by atoms with Crippen molar-refractivity contribution in [2.75, 3.05) is 18.1 Å². The van der Waals surface area contributed by atoms with Crippen molar-refractivity contribution in [1.82, 2.24) is 5.32 Å². The molecule has 0 aromatic rings. The van der Waals surface area contributed by atoms with Gasteiger partial charge in [0.25, 0.3) is 0 Å². The normalized spacial score (nSPS) is 28.7. The molecule has 94 valence electrons. The van der Waals surface area contributed by atoms with Gasteiger partial charge < -0.3 is 5.32 Å². The van der Waals surface area contributed by atoms with E-state index in [2.05, 4.69) is 24.0 Å². The summed E-state index contributed by atoms with van der Waals surface area (Å²) in [7, 11) is 0. The predicted molar refractivity (Wildman–Crippen MR) is 74.1 cm³/mol. The number of nitrogens with one attached hydrogen (secondary N) is 1. The van der Waals surface area contributed by atoms with Crippen LogP contribution in [-0.2, 0) is 0 Å². The maximum atomic E-state index is 3.82. The Morgan fingerprint density at radius 3 is 2.69 bits per heavy atom. The third-order valence-electron chi connectivity index (χ3n) is 4.25. The van der Waals surface area contributed by atoms with E-state index in [1.807, 2.05) is 0 Å². The molecule has 1 saturated carbocycles. The maximum absolute atomic E-state index is 3.82. The molecule has 0 bridgehead atoms. The van der Waals surface area contributed by atoms with E-state index in [1.54, 1.807) is 0 Å². The first-order chi connectivity index (χ1) is 7.90. The quantitative estimate of drug-likeness (QED) is 0.761. The van der Waals surface area contributed by atoms with Gasteiger partial charge in [-0.05, 0) is 49.1 Å². The average Bonchev–Trinajstić information content (AvgIpc) is 2.96. The van der Waals surface area contributed by atoms with E-state index in [0.717, 1.165) is 17.9 Å². The summed E-state index contributed by atoms with van der Waals surface area (Å²) in [5.41, 5.74) is 0. The smallest absolute Gasteiger partial charge is 0.0106 e. The van der Waals surface area contributed by atoms with Crippen molar-refractivity contribution in [3.63, 3.8) is 0 Å². The lowest BCUT2D eigenvalue weighted by Crippen LogP contribution is -2.38. The lowest BCUT2D eigenvalue weighted by Gasteiger charge is -2.27. The van der Waals surface area contributed by atoms with Crippen molar-refractivity contribution >= 4 is 11.8 Å². The van der Waals surface area contributed by atoms with Gasteiger partial charge >= 0.3 is 0 Å². The highest BCUT2D eigenvalue weighted by Crippen LogP contribution is 2.34. The van der Waals surface area contributed by atoms with Crippen molar-refractivity contribution in [3.05, 3.63) is 0 Å². The molecule has 2 unspecified atom stereocenters. The van der Waals surface area contributed by atoms with Crippen LogP contribution in [0.3, 0.4) is 0 Å². The van der Waals surface area contributed by atoms with E-state index in [1.165, 1.54) is 63.0 Å². The molecule has 0 aromatic heterocycles. The number of hydrogen-bond donors (Lipinski definition) is 1. The standard InChI is InChI=1S/C14H27NS/c1-2-8-15-14(13-7-9-16-11-13)10-12-5-3-4-6-12/h12-15H,2-11H2,1H3. The van der Waals surface area contributed by atoms with Crippen molar-refractivity contribution in [2.24, 2.45) is 11.8 Å². The van der Waals surface area contributed by atoms with Crippen LogP contribution in [0, 0.1) is 11.8 Å². The minimum atomic E-state index is 0.832. The zero-order chi connectivity index (χ0) is 11.2. The van der Waals surface area contributed by atoms with E-state index in [0.29, 0.717) is 0 Å². The lowest BCUT2D eigenvalue weighted by molar-refractivity contribution is 0.310. The molecule has 1 N–H and O–H groups in total. The highest BCUT2D eigenvalue weighted by Gasteiger charge is 2.28. The molecule has 1 nitrogen and oxygen atoms in total. The molecule has 0 aromatic carbocycles. The van der Waals surface area contributed by atoms with Gasteiger partial charge in [-0.3, -0.25) is 0 Å². The van der Waals surface area contributed by atoms with Gasteiger partial charge in [0, 0.05) is 6.04 Å². The molecule has 1 aliphatic carbocycles. The second kappa shape index (κ2) is 6.90. The second-order valence-electron chi connectivity index (χ2n) is 5.57. The summed E-state index contributed by atoms with van der Waals surface area (Å²) >= 11 is 2.16. The van der Waals surface area contributed by atoms with Gasteiger partial charge in [0.15, 0.2) is 0 Å². The van der Waals surface area contributed by atoms with Gasteiger partial charge in [-0.25, -0.2) is 0 Å². The molecule has 0 amide bonds. The first-order valence-electron chi connectivity index (χ1n) is 7.21. The van der Waals surface area contributed by atoms with E-state index >= 15 is 0 Å². The third kappa shape index (κ3) is 3.66. The van der Waals surface area contributed by atoms with Crippen LogP contribution >= 0.6 is 11.8 Å². The molecule has 16 heavy (non-hydrogen) atoms. The molecule has 1 heterocycles. The summed E-state index contributed by atoms with van der Waals surface area (Å²) in [6.07, 6.45) is 10.2. The Morgan fingerprint density at radius 1 is 1.25 bits per heavy atom. The average molecular weight is 241 g/mol. The first kappa shape index (κ1) is 12.8. The van der Waals surface area contributed by atoms with Crippen molar-refractivity contribution in [1.29, 1.82) is 0 Å². The van der Waals surface area contributed by atoms with Crippen LogP contribution in [0.25, 0.3) is 0 Å². The van der Waals surface area contributed by atoms with E-state index < -0.39 is 0 Å². The van der Waals surface area contributed by atoms with Crippen LogP contribution in [0.15, 0.2) is 0 Å². The van der Waals surface area contributed by atoms with Gasteiger partial charge in [-0.15, -0.1) is 0 Å². The molecule has 2 aliphatic rings. The van der Waals surface area contributed by atoms with Gasteiger partial charge in [-0.1, -0.05) is 32.6 Å². The molecule has 1 aliphatic heterocycles. The van der Waals surface area contributed by atoms with E-state index in [-0.39, 0.29) is 0 Å². The van der Waals surface area contributed by atoms with E-state index in [9.17, 15) is 0 Å². The lowest BCUT2D eigenvalue weighted by atomic mass is 9.89. The highest BCUT2D eigenvalue weighted by molar-refractivity contribution is 7.99. The molecule has 2 fully saturated rings. The van der Waals surface area contributed by atoms with E-state index in [4.69, 9.17) is 0 Å². The van der Waals surface area contributed by atoms with Gasteiger partial charge in [0.05, 0.1) is 0 Å².